The maximum absolute atomic E-state index is 14.1. The summed E-state index contributed by atoms with van der Waals surface area (Å²) in [6.07, 6.45) is 0.343. The van der Waals surface area contributed by atoms with Gasteiger partial charge in [-0.3, -0.25) is 0 Å². The second-order valence-corrected chi connectivity index (χ2v) is 7.77. The third-order valence-electron chi connectivity index (χ3n) is 5.91. The molecule has 3 aliphatic carbocycles. The van der Waals surface area contributed by atoms with E-state index in [2.05, 4.69) is 5.32 Å². The Hall–Kier alpha value is -2.96. The third kappa shape index (κ3) is 3.00. The summed E-state index contributed by atoms with van der Waals surface area (Å²) in [7, 11) is 0. The first-order valence-electron chi connectivity index (χ1n) is 8.99. The Kier molecular flexibility index (Phi) is 4.33. The lowest BCUT2D eigenvalue weighted by Gasteiger charge is -2.72. The van der Waals surface area contributed by atoms with Crippen LogP contribution in [-0.4, -0.2) is 23.2 Å². The summed E-state index contributed by atoms with van der Waals surface area (Å²) in [5.41, 5.74) is -0.132. The van der Waals surface area contributed by atoms with Crippen LogP contribution < -0.4 is 5.32 Å². The molecule has 1 unspecified atom stereocenters. The first-order chi connectivity index (χ1) is 13.3. The molecule has 0 aliphatic heterocycles. The molecule has 1 amide bonds. The maximum atomic E-state index is 14.1. The number of halogens is 2. The summed E-state index contributed by atoms with van der Waals surface area (Å²) >= 11 is 0. The Morgan fingerprint density at radius 1 is 1.11 bits per heavy atom. The van der Waals surface area contributed by atoms with Gasteiger partial charge < -0.3 is 15.2 Å². The van der Waals surface area contributed by atoms with Gasteiger partial charge in [0, 0.05) is 10.8 Å². The lowest BCUT2D eigenvalue weighted by Crippen LogP contribution is -2.73. The van der Waals surface area contributed by atoms with Crippen LogP contribution in [0.2, 0.25) is 0 Å². The average molecular weight is 387 g/mol. The topological polar surface area (TPSA) is 75.6 Å². The zero-order chi connectivity index (χ0) is 19.9. The van der Waals surface area contributed by atoms with Crippen LogP contribution in [0.15, 0.2) is 48.5 Å². The zero-order valence-electron chi connectivity index (χ0n) is 15.0. The number of carbonyl (C=O) groups is 2. The van der Waals surface area contributed by atoms with E-state index >= 15 is 0 Å². The van der Waals surface area contributed by atoms with Crippen molar-refractivity contribution in [2.45, 2.75) is 37.3 Å². The van der Waals surface area contributed by atoms with Gasteiger partial charge in [0.1, 0.15) is 24.3 Å². The van der Waals surface area contributed by atoms with Crippen molar-refractivity contribution < 1.29 is 28.2 Å². The number of ether oxygens (including phenoxy) is 1. The lowest BCUT2D eigenvalue weighted by atomic mass is 9.31. The highest BCUT2D eigenvalue weighted by molar-refractivity contribution is 5.82. The fourth-order valence-electron chi connectivity index (χ4n) is 4.72. The average Bonchev–Trinajstić information content (AvgIpc) is 2.60. The Balaban J connectivity index is 1.40. The van der Waals surface area contributed by atoms with E-state index in [1.54, 1.807) is 12.1 Å². The number of carboxylic acid groups (broad SMARTS) is 1. The first-order valence-corrected chi connectivity index (χ1v) is 8.99. The number of alkyl carbamates (subject to hydrolysis) is 1. The van der Waals surface area contributed by atoms with E-state index in [1.807, 2.05) is 18.2 Å². The summed E-state index contributed by atoms with van der Waals surface area (Å²) in [6, 6.07) is 11.2. The molecular formula is C21H19F2NO4. The zero-order valence-corrected chi connectivity index (χ0v) is 15.0. The van der Waals surface area contributed by atoms with Gasteiger partial charge in [0.2, 0.25) is 0 Å². The van der Waals surface area contributed by atoms with E-state index in [9.17, 15) is 23.5 Å². The van der Waals surface area contributed by atoms with Gasteiger partial charge in [-0.25, -0.2) is 18.4 Å². The molecule has 7 heteroatoms. The van der Waals surface area contributed by atoms with Crippen molar-refractivity contribution in [3.05, 3.63) is 71.3 Å². The van der Waals surface area contributed by atoms with Crippen molar-refractivity contribution in [1.29, 1.82) is 0 Å². The van der Waals surface area contributed by atoms with E-state index in [0.717, 1.165) is 17.7 Å². The Morgan fingerprint density at radius 3 is 2.43 bits per heavy atom. The number of amides is 1. The summed E-state index contributed by atoms with van der Waals surface area (Å²) in [6.45, 7) is 0.0322. The van der Waals surface area contributed by atoms with Crippen LogP contribution in [0.25, 0.3) is 0 Å². The largest absolute Gasteiger partial charge is 0.480 e. The number of carboxylic acids is 1. The molecule has 3 aliphatic rings. The van der Waals surface area contributed by atoms with Gasteiger partial charge in [-0.2, -0.15) is 0 Å². The first kappa shape index (κ1) is 18.4. The van der Waals surface area contributed by atoms with Crippen molar-refractivity contribution in [1.82, 2.24) is 5.32 Å². The molecule has 2 N–H and O–H groups in total. The van der Waals surface area contributed by atoms with Gasteiger partial charge in [0.25, 0.3) is 0 Å². The highest BCUT2D eigenvalue weighted by Gasteiger charge is 2.73. The molecule has 0 heterocycles. The lowest BCUT2D eigenvalue weighted by molar-refractivity contribution is -0.183. The highest BCUT2D eigenvalue weighted by Crippen LogP contribution is 2.75. The highest BCUT2D eigenvalue weighted by atomic mass is 19.1. The summed E-state index contributed by atoms with van der Waals surface area (Å²) < 4.78 is 32.7. The molecule has 5 nitrogen and oxygen atoms in total. The van der Waals surface area contributed by atoms with Gasteiger partial charge in [0.15, 0.2) is 0 Å². The second-order valence-electron chi connectivity index (χ2n) is 7.77. The number of aliphatic carboxylic acids is 1. The maximum Gasteiger partial charge on any atom is 0.408 e. The van der Waals surface area contributed by atoms with Crippen LogP contribution >= 0.6 is 0 Å². The van der Waals surface area contributed by atoms with Crippen molar-refractivity contribution in [3.8, 4) is 0 Å². The van der Waals surface area contributed by atoms with Gasteiger partial charge in [-0.1, -0.05) is 30.3 Å². The molecule has 2 aromatic carbocycles. The Bertz CT molecular complexity index is 911. The van der Waals surface area contributed by atoms with Crippen molar-refractivity contribution >= 4 is 12.1 Å². The van der Waals surface area contributed by atoms with Crippen LogP contribution in [0.3, 0.4) is 0 Å². The molecular weight excluding hydrogens is 368 g/mol. The minimum atomic E-state index is -1.16. The van der Waals surface area contributed by atoms with Gasteiger partial charge in [-0.05, 0) is 48.6 Å². The van der Waals surface area contributed by atoms with E-state index in [0.29, 0.717) is 19.3 Å². The molecule has 1 atom stereocenters. The number of rotatable bonds is 6. The van der Waals surface area contributed by atoms with Gasteiger partial charge >= 0.3 is 12.1 Å². The molecule has 28 heavy (non-hydrogen) atoms. The predicted octanol–water partition coefficient (Wildman–Crippen LogP) is 3.77. The van der Waals surface area contributed by atoms with E-state index < -0.39 is 40.6 Å². The quantitative estimate of drug-likeness (QED) is 0.791. The number of benzene rings is 2. The van der Waals surface area contributed by atoms with E-state index in [1.165, 1.54) is 6.07 Å². The van der Waals surface area contributed by atoms with Crippen LogP contribution in [-0.2, 0) is 21.6 Å². The summed E-state index contributed by atoms with van der Waals surface area (Å²) in [4.78, 5) is 23.8. The van der Waals surface area contributed by atoms with E-state index in [-0.39, 0.29) is 12.2 Å². The van der Waals surface area contributed by atoms with Crippen LogP contribution in [0.5, 0.6) is 0 Å². The molecule has 0 radical (unpaired) electrons. The minimum Gasteiger partial charge on any atom is -0.480 e. The fraction of sp³-hybridized carbons (Fsp3) is 0.333. The minimum absolute atomic E-state index is 0.0322. The van der Waals surface area contributed by atoms with Crippen LogP contribution in [0, 0.1) is 17.0 Å². The Morgan fingerprint density at radius 2 is 1.79 bits per heavy atom. The van der Waals surface area contributed by atoms with Crippen molar-refractivity contribution in [2.75, 3.05) is 0 Å². The molecule has 2 bridgehead atoms. The van der Waals surface area contributed by atoms with Crippen LogP contribution in [0.4, 0.5) is 13.6 Å². The molecule has 2 aromatic rings. The molecule has 5 rings (SSSR count). The van der Waals surface area contributed by atoms with E-state index in [4.69, 9.17) is 4.74 Å². The monoisotopic (exact) mass is 387 g/mol. The number of carbonyl (C=O) groups excluding carboxylic acids is 1. The number of hydrogen-bond donors (Lipinski definition) is 2. The van der Waals surface area contributed by atoms with Gasteiger partial charge in [-0.15, -0.1) is 0 Å². The van der Waals surface area contributed by atoms with Gasteiger partial charge in [0.05, 0.1) is 0 Å². The van der Waals surface area contributed by atoms with Crippen molar-refractivity contribution in [2.24, 2.45) is 5.41 Å². The van der Waals surface area contributed by atoms with Crippen LogP contribution in [0.1, 0.15) is 30.4 Å². The SMILES string of the molecule is O=C(NC(C(=O)O)C12CC(c3cc(F)ccc3F)(C1)C2)OCc1ccccc1. The summed E-state index contributed by atoms with van der Waals surface area (Å²) in [5.74, 6) is -2.17. The Labute approximate surface area is 160 Å². The molecule has 3 saturated carbocycles. The predicted molar refractivity (Wildman–Crippen MR) is 95.5 cm³/mol. The molecule has 146 valence electrons. The van der Waals surface area contributed by atoms with Crippen molar-refractivity contribution in [3.63, 3.8) is 0 Å². The normalized spacial score (nSPS) is 25.8. The molecule has 0 spiro atoms. The molecule has 0 saturated heterocycles. The molecule has 3 fully saturated rings. The smallest absolute Gasteiger partial charge is 0.408 e. The number of nitrogens with one attached hydrogen (secondary N) is 1. The second kappa shape index (κ2) is 6.58. The number of hydrogen-bond acceptors (Lipinski definition) is 3. The molecule has 0 aromatic heterocycles. The fourth-order valence-corrected chi connectivity index (χ4v) is 4.72. The third-order valence-corrected chi connectivity index (χ3v) is 5.91. The summed E-state index contributed by atoms with van der Waals surface area (Å²) in [5, 5.41) is 12.0. The standard InChI is InChI=1S/C21H19F2NO4/c22-14-6-7-16(23)15(8-14)20-10-21(11-20,12-20)17(18(25)26)24-19(27)28-9-13-4-2-1-3-5-13/h1-8,17H,9-12H2,(H,24,27)(H,25,26).